The molecule has 14 nitrogen and oxygen atoms in total. The third-order valence-electron chi connectivity index (χ3n) is 14.8. The summed E-state index contributed by atoms with van der Waals surface area (Å²) in [6.07, 6.45) is 15.1. The number of aromatic amines is 1. The van der Waals surface area contributed by atoms with Crippen LogP contribution >= 0.6 is 11.6 Å². The van der Waals surface area contributed by atoms with Crippen LogP contribution in [0, 0.1) is 29.4 Å². The molecular formula is C52H51ClF2N10O4. The van der Waals surface area contributed by atoms with Crippen LogP contribution in [0.4, 0.5) is 14.6 Å². The summed E-state index contributed by atoms with van der Waals surface area (Å²) in [5.74, 6) is 2.26. The molecule has 3 aromatic carbocycles. The summed E-state index contributed by atoms with van der Waals surface area (Å²) in [4.78, 5) is 33.7. The summed E-state index contributed by atoms with van der Waals surface area (Å²) < 4.78 is 50.5. The van der Waals surface area contributed by atoms with Crippen LogP contribution in [0.1, 0.15) is 50.5 Å². The van der Waals surface area contributed by atoms with E-state index in [4.69, 9.17) is 42.2 Å². The number of nitrogens with one attached hydrogen (secondary N) is 2. The number of pyridine rings is 2. The van der Waals surface area contributed by atoms with E-state index in [1.54, 1.807) is 6.20 Å². The van der Waals surface area contributed by atoms with Gasteiger partial charge in [-0.05, 0) is 117 Å². The van der Waals surface area contributed by atoms with Gasteiger partial charge >= 0.3 is 6.01 Å². The van der Waals surface area contributed by atoms with E-state index in [-0.39, 0.29) is 51.0 Å². The molecule has 4 aliphatic heterocycles. The number of phenolic OH excluding ortho intramolecular Hbond substituents is 1. The maximum absolute atomic E-state index is 17.0. The zero-order chi connectivity index (χ0) is 46.8. The first-order valence-corrected chi connectivity index (χ1v) is 24.4. The maximum atomic E-state index is 17.0. The van der Waals surface area contributed by atoms with E-state index in [9.17, 15) is 5.11 Å². The van der Waals surface area contributed by atoms with Crippen molar-refractivity contribution in [2.75, 3.05) is 70.5 Å². The van der Waals surface area contributed by atoms with Gasteiger partial charge in [0.15, 0.2) is 11.5 Å². The first-order chi connectivity index (χ1) is 33.6. The molecule has 0 amide bonds. The number of nitrogens with zero attached hydrogens (tertiary/aromatic N) is 8. The van der Waals surface area contributed by atoms with Crippen LogP contribution in [0.25, 0.3) is 55.4 Å². The molecule has 5 fully saturated rings. The lowest BCUT2D eigenvalue weighted by atomic mass is 9.86. The molecule has 0 radical (unpaired) electrons. The van der Waals surface area contributed by atoms with Crippen molar-refractivity contribution in [1.82, 2.24) is 45.0 Å². The van der Waals surface area contributed by atoms with Gasteiger partial charge in [-0.1, -0.05) is 23.6 Å². The number of likely N-dealkylation sites (tertiary alicyclic amines) is 2. The Morgan fingerprint density at radius 1 is 0.870 bits per heavy atom. The van der Waals surface area contributed by atoms with Gasteiger partial charge in [0.25, 0.3) is 6.01 Å². The van der Waals surface area contributed by atoms with E-state index in [1.165, 1.54) is 30.7 Å². The summed E-state index contributed by atoms with van der Waals surface area (Å²) in [5.41, 5.74) is 3.11. The number of ether oxygens (including phenoxy) is 3. The third-order valence-corrected chi connectivity index (χ3v) is 15.1. The van der Waals surface area contributed by atoms with Crippen LogP contribution in [-0.2, 0) is 0 Å². The highest BCUT2D eigenvalue weighted by molar-refractivity contribution is 6.33. The Bertz CT molecular complexity index is 3150. The Hall–Kier alpha value is -6.38. The average molecular weight is 953 g/mol. The van der Waals surface area contributed by atoms with Crippen LogP contribution in [0.15, 0.2) is 60.8 Å². The van der Waals surface area contributed by atoms with Gasteiger partial charge in [-0.25, -0.2) is 13.8 Å². The number of hydrogen-bond donors (Lipinski definition) is 3. The zero-order valence-electron chi connectivity index (χ0n) is 38.0. The molecule has 1 spiro atoms. The largest absolute Gasteiger partial charge is 0.508 e. The van der Waals surface area contributed by atoms with Crippen molar-refractivity contribution in [2.45, 2.75) is 63.1 Å². The van der Waals surface area contributed by atoms with Crippen molar-refractivity contribution in [2.24, 2.45) is 5.41 Å². The van der Waals surface area contributed by atoms with Crippen LogP contribution in [0.2, 0.25) is 5.02 Å². The van der Waals surface area contributed by atoms with Crippen molar-refractivity contribution in [3.05, 3.63) is 83.0 Å². The van der Waals surface area contributed by atoms with Crippen molar-refractivity contribution in [1.29, 1.82) is 0 Å². The number of rotatable bonds is 13. The number of benzene rings is 3. The van der Waals surface area contributed by atoms with Gasteiger partial charge in [0.2, 0.25) is 0 Å². The predicted molar refractivity (Wildman–Crippen MR) is 260 cm³/mol. The molecule has 1 saturated carbocycles. The van der Waals surface area contributed by atoms with Crippen molar-refractivity contribution in [3.63, 3.8) is 0 Å². The summed E-state index contributed by atoms with van der Waals surface area (Å²) in [7, 11) is 0. The second-order valence-corrected chi connectivity index (χ2v) is 19.8. The fourth-order valence-electron chi connectivity index (χ4n) is 11.1. The monoisotopic (exact) mass is 952 g/mol. The van der Waals surface area contributed by atoms with Gasteiger partial charge < -0.3 is 34.5 Å². The molecule has 3 atom stereocenters. The molecule has 4 saturated heterocycles. The number of anilines is 1. The summed E-state index contributed by atoms with van der Waals surface area (Å²) in [5, 5.41) is 16.0. The Kier molecular flexibility index (Phi) is 11.4. The van der Waals surface area contributed by atoms with E-state index in [0.717, 1.165) is 88.1 Å². The van der Waals surface area contributed by atoms with Gasteiger partial charge in [0.1, 0.15) is 53.7 Å². The van der Waals surface area contributed by atoms with E-state index >= 15 is 8.78 Å². The standard InChI is InChI=1S/C52H51ClF2N10O4/c1-2-37-41(54)13-8-31-22-34(66)23-38(43(31)37)46-44(55)47-39(25-56-46)49(65-26-32-9-10-33(27-65)57-32)62-50(60-47)68-21-19-64-17-15-52(29-64)14-16-63(28-52)18-20-67-35-11-6-30(7-12-35)45-40(53)24-42-48(59-45)61-51(58-42)69-36-4-3-5-36/h1,6-8,11-13,22-25,32-33,36,57,66H,3-5,9-10,14-21,26-29H2,(H,58,59,61)/t32-,33+,52-/m0/s1. The summed E-state index contributed by atoms with van der Waals surface area (Å²) >= 11 is 6.67. The van der Waals surface area contributed by atoms with Crippen molar-refractivity contribution >= 4 is 50.3 Å². The minimum absolute atomic E-state index is 0.0300. The van der Waals surface area contributed by atoms with Gasteiger partial charge in [-0.3, -0.25) is 14.8 Å². The molecular weight excluding hydrogens is 902 g/mol. The number of fused-ring (bicyclic) bond motifs is 5. The molecule has 354 valence electrons. The van der Waals surface area contributed by atoms with E-state index in [2.05, 4.69) is 45.9 Å². The summed E-state index contributed by atoms with van der Waals surface area (Å²) in [6.45, 7) is 7.73. The fraction of sp³-hybridized carbons (Fsp3) is 0.404. The quantitative estimate of drug-likeness (QED) is 0.0957. The number of terminal acetylenes is 1. The van der Waals surface area contributed by atoms with Gasteiger partial charge in [0.05, 0.1) is 27.2 Å². The topological polar surface area (TPSA) is 150 Å². The Morgan fingerprint density at radius 2 is 1.62 bits per heavy atom. The smallest absolute Gasteiger partial charge is 0.319 e. The van der Waals surface area contributed by atoms with Gasteiger partial charge in [-0.15, -0.1) is 6.42 Å². The number of piperazine rings is 1. The van der Waals surface area contributed by atoms with Crippen LogP contribution in [0.3, 0.4) is 0 Å². The number of hydrogen-bond acceptors (Lipinski definition) is 13. The van der Waals surface area contributed by atoms with E-state index in [0.29, 0.717) is 83.9 Å². The summed E-state index contributed by atoms with van der Waals surface area (Å²) in [6, 6.07) is 16.4. The molecule has 2 bridgehead atoms. The molecule has 12 rings (SSSR count). The van der Waals surface area contributed by atoms with Gasteiger partial charge in [-0.2, -0.15) is 15.0 Å². The molecule has 7 aromatic rings. The van der Waals surface area contributed by atoms with Gasteiger partial charge in [0, 0.05) is 74.1 Å². The number of imidazole rings is 1. The number of halogens is 3. The highest BCUT2D eigenvalue weighted by Gasteiger charge is 2.43. The molecule has 4 aromatic heterocycles. The first kappa shape index (κ1) is 43.9. The molecule has 0 unspecified atom stereocenters. The molecule has 3 N–H and O–H groups in total. The SMILES string of the molecule is C#Cc1c(F)ccc2cc(O)cc(-c3ncc4c(N5C[C@H]6CC[C@@H](C5)N6)nc(OCCN5CC[C@]6(CCN(CCOc7ccc(-c8nc9nc(OC%10CCC%10)[nH]c9cc8Cl)cc7)C6)C5)nc4c3F)c12. The number of H-pyrrole nitrogens is 1. The van der Waals surface area contributed by atoms with Crippen molar-refractivity contribution < 1.29 is 28.1 Å². The van der Waals surface area contributed by atoms with E-state index in [1.807, 2.05) is 30.3 Å². The molecule has 17 heteroatoms. The minimum Gasteiger partial charge on any atom is -0.508 e. The first-order valence-electron chi connectivity index (χ1n) is 24.0. The second kappa shape index (κ2) is 17.9. The lowest BCUT2D eigenvalue weighted by Crippen LogP contribution is -2.51. The maximum Gasteiger partial charge on any atom is 0.319 e. The molecule has 69 heavy (non-hydrogen) atoms. The Balaban J connectivity index is 0.686. The third kappa shape index (κ3) is 8.49. The average Bonchev–Trinajstić information content (AvgIpc) is 4.13. The predicted octanol–water partition coefficient (Wildman–Crippen LogP) is 8.13. The second-order valence-electron chi connectivity index (χ2n) is 19.4. The zero-order valence-corrected chi connectivity index (χ0v) is 38.7. The Labute approximate surface area is 402 Å². The number of phenols is 1. The minimum atomic E-state index is -0.736. The highest BCUT2D eigenvalue weighted by Crippen LogP contribution is 2.41. The fourth-order valence-corrected chi connectivity index (χ4v) is 11.3. The number of aromatic hydroxyl groups is 1. The number of aromatic nitrogens is 6. The molecule has 8 heterocycles. The van der Waals surface area contributed by atoms with Crippen LogP contribution < -0.4 is 24.4 Å². The van der Waals surface area contributed by atoms with E-state index < -0.39 is 11.6 Å². The molecule has 5 aliphatic rings. The lowest BCUT2D eigenvalue weighted by molar-refractivity contribution is 0.110. The highest BCUT2D eigenvalue weighted by atomic mass is 35.5. The lowest BCUT2D eigenvalue weighted by Gasteiger charge is -2.34. The van der Waals surface area contributed by atoms with Crippen molar-refractivity contribution in [3.8, 4) is 58.4 Å². The molecule has 1 aliphatic carbocycles. The normalized spacial score (nSPS) is 21.7. The van der Waals surface area contributed by atoms with Crippen LogP contribution in [0.5, 0.6) is 23.5 Å². The Morgan fingerprint density at radius 3 is 2.35 bits per heavy atom. The van der Waals surface area contributed by atoms with Crippen LogP contribution in [-0.4, -0.2) is 129 Å².